The van der Waals surface area contributed by atoms with Crippen molar-refractivity contribution in [2.45, 2.75) is 65.7 Å². The first-order valence-electron chi connectivity index (χ1n) is 8.34. The molecular weight excluding hydrogens is 242 g/mol. The Morgan fingerprint density at radius 3 is 2.40 bits per heavy atom. The molecule has 3 unspecified atom stereocenters. The van der Waals surface area contributed by atoms with Crippen LogP contribution in [0.2, 0.25) is 0 Å². The summed E-state index contributed by atoms with van der Waals surface area (Å²) >= 11 is 0. The summed E-state index contributed by atoms with van der Waals surface area (Å²) < 4.78 is 0. The highest BCUT2D eigenvalue weighted by molar-refractivity contribution is 5.39. The summed E-state index contributed by atoms with van der Waals surface area (Å²) in [6, 6.07) is 4.80. The molecule has 1 aliphatic carbocycles. The van der Waals surface area contributed by atoms with E-state index in [2.05, 4.69) is 39.8 Å². The quantitative estimate of drug-likeness (QED) is 0.832. The highest BCUT2D eigenvalue weighted by atomic mass is 14.6. The highest BCUT2D eigenvalue weighted by Gasteiger charge is 2.31. The van der Waals surface area contributed by atoms with Crippen LogP contribution in [0.3, 0.4) is 0 Å². The smallest absolute Gasteiger partial charge is 0.00430 e. The van der Waals surface area contributed by atoms with Gasteiger partial charge in [-0.25, -0.2) is 0 Å². The Bertz CT molecular complexity index is 449. The van der Waals surface area contributed by atoms with Crippen molar-refractivity contribution in [1.29, 1.82) is 0 Å². The second kappa shape index (κ2) is 6.76. The summed E-state index contributed by atoms with van der Waals surface area (Å²) in [6.45, 7) is 9.88. The van der Waals surface area contributed by atoms with Gasteiger partial charge in [0.15, 0.2) is 0 Å². The summed E-state index contributed by atoms with van der Waals surface area (Å²) in [7, 11) is 0. The van der Waals surface area contributed by atoms with E-state index in [-0.39, 0.29) is 0 Å². The molecule has 1 aliphatic rings. The van der Waals surface area contributed by atoms with Gasteiger partial charge in [0.1, 0.15) is 0 Å². The molecule has 1 nitrogen and oxygen atoms in total. The molecule has 0 saturated heterocycles. The van der Waals surface area contributed by atoms with Gasteiger partial charge in [0, 0.05) is 0 Å². The summed E-state index contributed by atoms with van der Waals surface area (Å²) in [4.78, 5) is 0. The van der Waals surface area contributed by atoms with Crippen LogP contribution < -0.4 is 5.73 Å². The molecule has 1 aromatic rings. The van der Waals surface area contributed by atoms with Crippen LogP contribution in [0.25, 0.3) is 0 Å². The molecule has 2 N–H and O–H groups in total. The molecule has 0 aromatic heterocycles. The van der Waals surface area contributed by atoms with Crippen LogP contribution >= 0.6 is 0 Å². The van der Waals surface area contributed by atoms with Gasteiger partial charge in [-0.1, -0.05) is 38.3 Å². The molecule has 3 atom stereocenters. The Balaban J connectivity index is 2.28. The number of rotatable bonds is 4. The Morgan fingerprint density at radius 1 is 1.05 bits per heavy atom. The zero-order chi connectivity index (χ0) is 14.7. The molecule has 1 aromatic carbocycles. The average molecular weight is 273 g/mol. The first-order valence-corrected chi connectivity index (χ1v) is 8.34. The van der Waals surface area contributed by atoms with Crippen LogP contribution in [0.4, 0.5) is 0 Å². The Labute approximate surface area is 125 Å². The topological polar surface area (TPSA) is 26.0 Å². The lowest BCUT2D eigenvalue weighted by Crippen LogP contribution is -2.29. The van der Waals surface area contributed by atoms with E-state index in [1.807, 2.05) is 0 Å². The van der Waals surface area contributed by atoms with E-state index in [4.69, 9.17) is 5.73 Å². The third kappa shape index (κ3) is 3.25. The summed E-state index contributed by atoms with van der Waals surface area (Å²) in [5.41, 5.74) is 12.0. The van der Waals surface area contributed by atoms with E-state index >= 15 is 0 Å². The number of hydrogen-bond acceptors (Lipinski definition) is 1. The van der Waals surface area contributed by atoms with E-state index in [9.17, 15) is 0 Å². The number of benzene rings is 1. The van der Waals surface area contributed by atoms with Crippen molar-refractivity contribution in [1.82, 2.24) is 0 Å². The van der Waals surface area contributed by atoms with Crippen LogP contribution in [0.5, 0.6) is 0 Å². The van der Waals surface area contributed by atoms with Gasteiger partial charge >= 0.3 is 0 Å². The molecule has 2 rings (SSSR count). The van der Waals surface area contributed by atoms with Gasteiger partial charge in [-0.2, -0.15) is 0 Å². The monoisotopic (exact) mass is 273 g/mol. The van der Waals surface area contributed by atoms with Crippen molar-refractivity contribution < 1.29 is 0 Å². The average Bonchev–Trinajstić information content (AvgIpc) is 2.43. The Hall–Kier alpha value is -0.820. The lowest BCUT2D eigenvalue weighted by Gasteiger charge is -2.37. The van der Waals surface area contributed by atoms with Crippen LogP contribution in [0, 0.1) is 32.6 Å². The normalized spacial score (nSPS) is 26.8. The summed E-state index contributed by atoms with van der Waals surface area (Å²) in [6.07, 6.45) is 6.75. The molecule has 0 amide bonds. The molecule has 20 heavy (non-hydrogen) atoms. The fraction of sp³-hybridized carbons (Fsp3) is 0.684. The third-order valence-electron chi connectivity index (χ3n) is 5.38. The van der Waals surface area contributed by atoms with Crippen molar-refractivity contribution in [3.05, 3.63) is 34.4 Å². The number of hydrogen-bond donors (Lipinski definition) is 1. The van der Waals surface area contributed by atoms with Crippen LogP contribution in [0.15, 0.2) is 12.1 Å². The zero-order valence-electron chi connectivity index (χ0n) is 13.7. The van der Waals surface area contributed by atoms with E-state index in [1.54, 1.807) is 5.56 Å². The molecule has 0 heterocycles. The standard InChI is InChI=1S/C19H31N/c1-5-6-16-7-8-17(12-20)19(11-16)18-10-14(3)13(2)9-15(18)4/h9-10,16-17,19H,5-8,11-12,20H2,1-4H3. The molecule has 0 radical (unpaired) electrons. The van der Waals surface area contributed by atoms with E-state index in [1.165, 1.54) is 48.8 Å². The maximum absolute atomic E-state index is 6.07. The zero-order valence-corrected chi connectivity index (χ0v) is 13.7. The first kappa shape index (κ1) is 15.6. The maximum atomic E-state index is 6.07. The minimum Gasteiger partial charge on any atom is -0.330 e. The van der Waals surface area contributed by atoms with Gasteiger partial charge in [0.25, 0.3) is 0 Å². The minimum absolute atomic E-state index is 0.684. The van der Waals surface area contributed by atoms with E-state index in [0.29, 0.717) is 11.8 Å². The van der Waals surface area contributed by atoms with Gasteiger partial charge in [-0.3, -0.25) is 0 Å². The summed E-state index contributed by atoms with van der Waals surface area (Å²) in [5, 5.41) is 0. The SMILES string of the molecule is CCCC1CCC(CN)C(c2cc(C)c(C)cc2C)C1. The third-order valence-corrected chi connectivity index (χ3v) is 5.38. The second-order valence-corrected chi connectivity index (χ2v) is 6.86. The largest absolute Gasteiger partial charge is 0.330 e. The van der Waals surface area contributed by atoms with Crippen molar-refractivity contribution in [3.8, 4) is 0 Å². The van der Waals surface area contributed by atoms with Crippen LogP contribution in [-0.4, -0.2) is 6.54 Å². The van der Waals surface area contributed by atoms with Gasteiger partial charge in [-0.15, -0.1) is 0 Å². The van der Waals surface area contributed by atoms with Crippen molar-refractivity contribution >= 4 is 0 Å². The van der Waals surface area contributed by atoms with Crippen LogP contribution in [-0.2, 0) is 0 Å². The highest BCUT2D eigenvalue weighted by Crippen LogP contribution is 2.43. The van der Waals surface area contributed by atoms with Crippen molar-refractivity contribution in [2.75, 3.05) is 6.54 Å². The molecule has 0 bridgehead atoms. The van der Waals surface area contributed by atoms with Crippen molar-refractivity contribution in [2.24, 2.45) is 17.6 Å². The first-order chi connectivity index (χ1) is 9.56. The van der Waals surface area contributed by atoms with E-state index < -0.39 is 0 Å². The van der Waals surface area contributed by atoms with Gasteiger partial charge in [0.05, 0.1) is 0 Å². The molecule has 1 heteroatoms. The predicted octanol–water partition coefficient (Wildman–Crippen LogP) is 4.87. The fourth-order valence-electron chi connectivity index (χ4n) is 4.04. The second-order valence-electron chi connectivity index (χ2n) is 6.86. The fourth-order valence-corrected chi connectivity index (χ4v) is 4.04. The Morgan fingerprint density at radius 2 is 1.75 bits per heavy atom. The number of nitrogens with two attached hydrogens (primary N) is 1. The maximum Gasteiger partial charge on any atom is -0.00430 e. The molecule has 0 aliphatic heterocycles. The summed E-state index contributed by atoms with van der Waals surface area (Å²) in [5.74, 6) is 2.28. The lowest BCUT2D eigenvalue weighted by atomic mass is 9.69. The molecule has 112 valence electrons. The van der Waals surface area contributed by atoms with Crippen LogP contribution in [0.1, 0.15) is 67.2 Å². The van der Waals surface area contributed by atoms with Gasteiger partial charge < -0.3 is 5.73 Å². The predicted molar refractivity (Wildman–Crippen MR) is 88.2 cm³/mol. The molecule has 0 spiro atoms. The minimum atomic E-state index is 0.684. The van der Waals surface area contributed by atoms with Gasteiger partial charge in [-0.05, 0) is 80.2 Å². The van der Waals surface area contributed by atoms with Crippen molar-refractivity contribution in [3.63, 3.8) is 0 Å². The van der Waals surface area contributed by atoms with E-state index in [0.717, 1.165) is 12.5 Å². The molecular formula is C19H31N. The number of aryl methyl sites for hydroxylation is 3. The molecule has 1 fully saturated rings. The molecule has 1 saturated carbocycles. The Kier molecular flexibility index (Phi) is 5.26. The van der Waals surface area contributed by atoms with Gasteiger partial charge in [0.2, 0.25) is 0 Å². The lowest BCUT2D eigenvalue weighted by molar-refractivity contribution is 0.229.